The summed E-state index contributed by atoms with van der Waals surface area (Å²) in [4.78, 5) is 248. The summed E-state index contributed by atoms with van der Waals surface area (Å²) in [5, 5.41) is 115. The highest BCUT2D eigenvalue weighted by atomic mass is 32.2. The average molecular weight is 1620 g/mol. The van der Waals surface area contributed by atoms with Crippen molar-refractivity contribution in [2.24, 2.45) is 52.0 Å². The second-order valence-corrected chi connectivity index (χ2v) is 30.1. The summed E-state index contributed by atoms with van der Waals surface area (Å²) in [5.41, 5.74) is 11.6. The fourth-order valence-corrected chi connectivity index (χ4v) is 13.8. The van der Waals surface area contributed by atoms with Crippen LogP contribution in [0.15, 0.2) is 16.4 Å². The zero-order valence-electron chi connectivity index (χ0n) is 63.2. The lowest BCUT2D eigenvalue weighted by atomic mass is 9.88. The third kappa shape index (κ3) is 32.5. The largest absolute Gasteiger partial charge is 0.481 e. The van der Waals surface area contributed by atoms with Gasteiger partial charge in [-0.25, -0.2) is 0 Å². The molecule has 112 heavy (non-hydrogen) atoms. The van der Waals surface area contributed by atoms with Crippen LogP contribution >= 0.6 is 23.1 Å². The van der Waals surface area contributed by atoms with Gasteiger partial charge in [-0.2, -0.15) is 0 Å². The quantitative estimate of drug-likeness (QED) is 0.0277. The van der Waals surface area contributed by atoms with Gasteiger partial charge in [0.2, 0.25) is 65.0 Å². The average Bonchev–Trinajstić information content (AvgIpc) is 1.65. The first-order chi connectivity index (χ1) is 52.5. The molecule has 3 rings (SSSR count). The Morgan fingerprint density at radius 3 is 1.62 bits per heavy atom. The van der Waals surface area contributed by atoms with Gasteiger partial charge in [0.05, 0.1) is 85.7 Å². The van der Waals surface area contributed by atoms with E-state index in [0.29, 0.717) is 10.4 Å². The molecule has 2 aliphatic heterocycles. The first-order valence-electron chi connectivity index (χ1n) is 36.4. The summed E-state index contributed by atoms with van der Waals surface area (Å²) in [5.74, 6) is -28.2. The number of aliphatic hydroxyl groups excluding tert-OH is 5. The van der Waals surface area contributed by atoms with Crippen LogP contribution in [0, 0.1) is 40.9 Å². The van der Waals surface area contributed by atoms with E-state index in [9.17, 15) is 127 Å². The van der Waals surface area contributed by atoms with Crippen molar-refractivity contribution < 1.29 is 127 Å². The molecule has 0 radical (unpaired) electrons. The standard InChI is InChI=1S/C70H106N14O26S2/c1-8-32(4)57-68(109)74-25-53(94)76-43(24-56(99)100)49(92)23-40(27-86)63(104)79-44(60(73)101)18-36-19-51(111-29-36)70-81-46(30-112-70)67(108)77-41(14-16-55(97)98)48(91)20-37(13-15-54(95)96)61(102)84-59(35(7)89)69(110)75-33(5)47(90)22-39(26-85)64(105)83-58(34(6)88)50(93)21-38(17-31(2)3)62(103)78-42(11-9-10-12-52(71)72)65(106)80-45(28-87)66(107)82-57/h19,29,31-35,37-46,57-59,85-89H,8-18,20-28,30H2,1-7H3,(H3,71,72)(H2,73,101)(H,74,109)(H,75,110)(H,76,94)(H,77,108)(H,78,103)(H,79,104)(H,80,106)(H,82,107)(H,83,105)(H,84,102)(H,95,96)(H,97,98)(H,99,100)/t32-,33-,34+,35+,37+,38+,39-,40-,41-,42-,43-,44-,45-,46-,57-,58-,59-/m0/s1. The molecule has 0 aromatic carbocycles. The van der Waals surface area contributed by atoms with Crippen molar-refractivity contribution in [2.75, 3.05) is 32.1 Å². The first-order valence-corrected chi connectivity index (χ1v) is 38.3. The van der Waals surface area contributed by atoms with Crippen LogP contribution in [0.4, 0.5) is 0 Å². The molecule has 0 fully saturated rings. The molecule has 624 valence electrons. The molecule has 11 amide bonds. The topological polar surface area (TPSA) is 678 Å². The van der Waals surface area contributed by atoms with Crippen LogP contribution in [0.5, 0.6) is 0 Å². The summed E-state index contributed by atoms with van der Waals surface area (Å²) < 4.78 is 0. The maximum absolute atomic E-state index is 14.4. The van der Waals surface area contributed by atoms with Gasteiger partial charge < -0.3 is 105 Å². The number of rotatable bonds is 23. The third-order valence-electron chi connectivity index (χ3n) is 18.4. The lowest BCUT2D eigenvalue weighted by molar-refractivity contribution is -0.141. The molecule has 1 aromatic rings. The number of hydrogen-bond donors (Lipinski definition) is 21. The van der Waals surface area contributed by atoms with Crippen LogP contribution in [-0.4, -0.2) is 262 Å². The highest BCUT2D eigenvalue weighted by molar-refractivity contribution is 8.15. The minimum atomic E-state index is -1.94. The predicted octanol–water partition coefficient (Wildman–Crippen LogP) is -5.02. The number of primary amides is 1. The fraction of sp³-hybridized carbons (Fsp3) is 0.657. The van der Waals surface area contributed by atoms with E-state index in [4.69, 9.17) is 16.9 Å². The van der Waals surface area contributed by atoms with Gasteiger partial charge in [-0.1, -0.05) is 40.5 Å². The van der Waals surface area contributed by atoms with E-state index in [-0.39, 0.29) is 67.5 Å². The van der Waals surface area contributed by atoms with E-state index in [1.165, 1.54) is 13.0 Å². The highest BCUT2D eigenvalue weighted by Crippen LogP contribution is 2.29. The number of unbranched alkanes of at least 4 members (excludes halogenated alkanes) is 1. The number of hydrogen-bond acceptors (Lipinski definition) is 27. The van der Waals surface area contributed by atoms with E-state index < -0.39 is 292 Å². The van der Waals surface area contributed by atoms with Gasteiger partial charge in [0.25, 0.3) is 0 Å². The number of aliphatic hydroxyl groups is 5. The Morgan fingerprint density at radius 1 is 0.536 bits per heavy atom. The number of thioether (sulfide) groups is 1. The number of nitrogens with one attached hydrogen (secondary N) is 11. The van der Waals surface area contributed by atoms with Crippen molar-refractivity contribution in [1.29, 1.82) is 5.41 Å². The maximum Gasteiger partial charge on any atom is 0.305 e. The van der Waals surface area contributed by atoms with E-state index in [2.05, 4.69) is 58.2 Å². The number of carbonyl (C=O) groups is 18. The van der Waals surface area contributed by atoms with Crippen molar-refractivity contribution in [1.82, 2.24) is 53.2 Å². The van der Waals surface area contributed by atoms with Crippen molar-refractivity contribution in [2.45, 2.75) is 224 Å². The third-order valence-corrected chi connectivity index (χ3v) is 20.6. The number of aliphatic carboxylic acids is 3. The van der Waals surface area contributed by atoms with Crippen LogP contribution in [0.1, 0.15) is 155 Å². The number of amidine groups is 1. The number of fused-ring (bicyclic) bond motifs is 4. The number of carboxylic acids is 3. The van der Waals surface area contributed by atoms with E-state index >= 15 is 0 Å². The van der Waals surface area contributed by atoms with Crippen molar-refractivity contribution in [3.05, 3.63) is 21.9 Å². The first kappa shape index (κ1) is 96.4. The lowest BCUT2D eigenvalue weighted by Crippen LogP contribution is -2.59. The molecular formula is C70H106N14O26S2. The van der Waals surface area contributed by atoms with E-state index in [1.54, 1.807) is 26.2 Å². The van der Waals surface area contributed by atoms with Gasteiger partial charge in [-0.15, -0.1) is 23.1 Å². The molecule has 0 saturated carbocycles. The second-order valence-electron chi connectivity index (χ2n) is 28.2. The van der Waals surface area contributed by atoms with Crippen molar-refractivity contribution in [3.63, 3.8) is 0 Å². The highest BCUT2D eigenvalue weighted by Gasteiger charge is 2.40. The Hall–Kier alpha value is -9.75. The Morgan fingerprint density at radius 2 is 1.06 bits per heavy atom. The Bertz CT molecular complexity index is 3610. The number of carbonyl (C=O) groups excluding carboxylic acids is 15. The number of Topliss-reactive ketones (excluding diaryl/α,β-unsaturated/α-hetero) is 4. The summed E-state index contributed by atoms with van der Waals surface area (Å²) in [7, 11) is 0. The van der Waals surface area contributed by atoms with Crippen LogP contribution in [0.2, 0.25) is 0 Å². The fourth-order valence-electron chi connectivity index (χ4n) is 11.7. The molecule has 0 saturated heterocycles. The second kappa shape index (κ2) is 47.6. The number of carboxylic acid groups (broad SMARTS) is 3. The van der Waals surface area contributed by atoms with E-state index in [1.807, 2.05) is 0 Å². The summed E-state index contributed by atoms with van der Waals surface area (Å²) in [6.07, 6.45) is -10.6. The summed E-state index contributed by atoms with van der Waals surface area (Å²) in [6, 6.07) is -15.0. The molecule has 23 N–H and O–H groups in total. The predicted molar refractivity (Wildman–Crippen MR) is 398 cm³/mol. The molecule has 0 aliphatic carbocycles. The molecule has 0 spiro atoms. The number of nitrogens with two attached hydrogens (primary N) is 2. The Balaban J connectivity index is 2.13. The number of aliphatic imine (C=N–C) groups is 1. The SMILES string of the molecule is CC[C@H](C)[C@@H]1NC(=O)[C@H](CO)NC(=O)[C@H](CCCCC(=N)N)NC(=O)[C@H](CC(C)C)CC(=O)[C@H]([C@@H](C)O)NC(=O)[C@H](CO)CC(=O)[C@H](C)NC(=O)[C@H]([C@@H](C)O)NC(=O)[C@H](CCC(=O)O)CC(=O)[C@H](CCC(=O)O)NC(=O)[C@@H]2CSC(=N2)c2cc(cs2)C[C@@H](C(N)=O)NC(=O)[C@H](CO)CC(=O)[C@H](CC(=O)O)NC(=O)CNC1=O. The van der Waals surface area contributed by atoms with Crippen LogP contribution < -0.4 is 64.6 Å². The number of thiophene rings is 1. The molecular weight excluding hydrogens is 1520 g/mol. The summed E-state index contributed by atoms with van der Waals surface area (Å²) >= 11 is 2.14. The van der Waals surface area contributed by atoms with Crippen molar-refractivity contribution >= 4 is 140 Å². The van der Waals surface area contributed by atoms with E-state index in [0.717, 1.165) is 43.9 Å². The minimum absolute atomic E-state index is 0.0450. The van der Waals surface area contributed by atoms with Gasteiger partial charge in [0, 0.05) is 69.0 Å². The maximum atomic E-state index is 14.4. The lowest BCUT2D eigenvalue weighted by Gasteiger charge is -2.28. The van der Waals surface area contributed by atoms with Crippen LogP contribution in [0.3, 0.4) is 0 Å². The van der Waals surface area contributed by atoms with Crippen LogP contribution in [0.25, 0.3) is 0 Å². The van der Waals surface area contributed by atoms with Gasteiger partial charge in [0.15, 0.2) is 23.1 Å². The van der Waals surface area contributed by atoms with Crippen LogP contribution in [-0.2, 0) is 92.7 Å². The Kier molecular flexibility index (Phi) is 41.0. The van der Waals surface area contributed by atoms with Crippen molar-refractivity contribution in [3.8, 4) is 0 Å². The van der Waals surface area contributed by atoms with Gasteiger partial charge in [0.1, 0.15) is 47.3 Å². The smallest absolute Gasteiger partial charge is 0.305 e. The molecule has 17 atom stereocenters. The zero-order chi connectivity index (χ0) is 84.5. The van der Waals surface area contributed by atoms with Gasteiger partial charge in [-0.05, 0) is 81.7 Å². The van der Waals surface area contributed by atoms with Gasteiger partial charge in [-0.3, -0.25) is 96.7 Å². The summed E-state index contributed by atoms with van der Waals surface area (Å²) in [6.45, 7) is 5.57. The normalized spacial score (nSPS) is 26.9. The minimum Gasteiger partial charge on any atom is -0.481 e. The molecule has 42 heteroatoms. The number of amides is 11. The molecule has 1 aromatic heterocycles. The monoisotopic (exact) mass is 1620 g/mol. The molecule has 3 heterocycles. The number of ketones is 4. The number of nitrogens with zero attached hydrogens (tertiary/aromatic N) is 1. The molecule has 0 unspecified atom stereocenters. The molecule has 4 bridgehead atoms. The zero-order valence-corrected chi connectivity index (χ0v) is 64.9. The van der Waals surface area contributed by atoms with Gasteiger partial charge >= 0.3 is 17.9 Å². The Labute approximate surface area is 652 Å². The molecule has 2 aliphatic rings. The molecule has 40 nitrogen and oxygen atoms in total.